The molecule has 0 aliphatic heterocycles. The second-order valence-electron chi connectivity index (χ2n) is 4.33. The van der Waals surface area contributed by atoms with Crippen LogP contribution in [0.1, 0.15) is 0 Å². The van der Waals surface area contributed by atoms with Crippen LogP contribution in [0.5, 0.6) is 0 Å². The van der Waals surface area contributed by atoms with Crippen molar-refractivity contribution in [1.82, 2.24) is 19.7 Å². The first-order chi connectivity index (χ1) is 10.2. The zero-order chi connectivity index (χ0) is 14.8. The highest BCUT2D eigenvalue weighted by Crippen LogP contribution is 2.28. The van der Waals surface area contributed by atoms with Crippen molar-refractivity contribution in [2.75, 3.05) is 6.54 Å². The Morgan fingerprint density at radius 1 is 1.38 bits per heavy atom. The second-order valence-corrected chi connectivity index (χ2v) is 5.19. The molecule has 0 amide bonds. The zero-order valence-electron chi connectivity index (χ0n) is 10.8. The minimum absolute atomic E-state index is 0.303. The monoisotopic (exact) mass is 351 g/mol. The molecule has 0 saturated heterocycles. The Bertz CT molecular complexity index is 770. The molecule has 2 N–H and O–H groups in total. The molecule has 0 aliphatic carbocycles. The van der Waals surface area contributed by atoms with Gasteiger partial charge in [-0.05, 0) is 34.1 Å². The summed E-state index contributed by atoms with van der Waals surface area (Å²) in [5.41, 5.74) is 6.70. The first-order valence-electron chi connectivity index (χ1n) is 6.18. The maximum atomic E-state index is 13.1. The third-order valence-corrected chi connectivity index (χ3v) is 3.49. The Labute approximate surface area is 127 Å². The number of nitrogens with two attached hydrogens (primary N) is 1. The van der Waals surface area contributed by atoms with E-state index in [9.17, 15) is 4.39 Å². The van der Waals surface area contributed by atoms with Crippen molar-refractivity contribution in [2.24, 2.45) is 5.73 Å². The molecule has 2 aromatic heterocycles. The lowest BCUT2D eigenvalue weighted by molar-refractivity contribution is 0.431. The minimum Gasteiger partial charge on any atom is -0.335 e. The van der Waals surface area contributed by atoms with Gasteiger partial charge in [0.2, 0.25) is 5.82 Å². The maximum absolute atomic E-state index is 13.1. The average molecular weight is 352 g/mol. The van der Waals surface area contributed by atoms with Crippen LogP contribution in [0, 0.1) is 5.82 Å². The normalized spacial score (nSPS) is 11.0. The third-order valence-electron chi connectivity index (χ3n) is 2.84. The van der Waals surface area contributed by atoms with E-state index >= 15 is 0 Å². The van der Waals surface area contributed by atoms with E-state index in [-0.39, 0.29) is 5.82 Å². The van der Waals surface area contributed by atoms with Gasteiger partial charge in [-0.3, -0.25) is 0 Å². The Balaban J connectivity index is 1.91. The van der Waals surface area contributed by atoms with Gasteiger partial charge < -0.3 is 14.8 Å². The second kappa shape index (κ2) is 5.74. The highest BCUT2D eigenvalue weighted by Gasteiger charge is 2.15. The Hall–Kier alpha value is -2.06. The largest absolute Gasteiger partial charge is 0.335 e. The first-order valence-corrected chi connectivity index (χ1v) is 6.98. The molecule has 0 atom stereocenters. The fourth-order valence-corrected chi connectivity index (χ4v) is 2.38. The van der Waals surface area contributed by atoms with E-state index in [1.54, 1.807) is 18.6 Å². The molecule has 0 unspecified atom stereocenters. The van der Waals surface area contributed by atoms with Gasteiger partial charge in [-0.1, -0.05) is 5.16 Å². The highest BCUT2D eigenvalue weighted by atomic mass is 79.9. The van der Waals surface area contributed by atoms with E-state index < -0.39 is 0 Å². The van der Waals surface area contributed by atoms with Crippen LogP contribution in [-0.2, 0) is 6.54 Å². The summed E-state index contributed by atoms with van der Waals surface area (Å²) in [4.78, 5) is 8.47. The predicted octanol–water partition coefficient (Wildman–Crippen LogP) is 2.46. The number of halogens is 2. The molecule has 1 aromatic carbocycles. The van der Waals surface area contributed by atoms with E-state index in [1.807, 2.05) is 4.57 Å². The van der Waals surface area contributed by atoms with E-state index in [1.165, 1.54) is 12.1 Å². The molecular formula is C13H11BrFN5O. The molecule has 2 heterocycles. The summed E-state index contributed by atoms with van der Waals surface area (Å²) in [6.45, 7) is 1.19. The Morgan fingerprint density at radius 3 is 3.00 bits per heavy atom. The van der Waals surface area contributed by atoms with Gasteiger partial charge in [0.1, 0.15) is 11.5 Å². The number of rotatable bonds is 4. The molecule has 3 aromatic rings. The van der Waals surface area contributed by atoms with Crippen LogP contribution in [0.4, 0.5) is 4.39 Å². The molecule has 3 rings (SSSR count). The van der Waals surface area contributed by atoms with Crippen LogP contribution < -0.4 is 5.73 Å². The van der Waals surface area contributed by atoms with Gasteiger partial charge in [-0.2, -0.15) is 4.98 Å². The molecule has 0 saturated carbocycles. The van der Waals surface area contributed by atoms with Gasteiger partial charge in [0.05, 0.1) is 6.33 Å². The quantitative estimate of drug-likeness (QED) is 0.780. The molecule has 0 radical (unpaired) electrons. The van der Waals surface area contributed by atoms with Crippen LogP contribution in [0.15, 0.2) is 39.7 Å². The van der Waals surface area contributed by atoms with Crippen LogP contribution >= 0.6 is 15.9 Å². The standard InChI is InChI=1S/C13H11BrFN5O/c14-10-5-8(15)1-2-9(10)12-18-13(21-19-12)11-6-20(4-3-16)7-17-11/h1-2,5-7H,3-4,16H2. The lowest BCUT2D eigenvalue weighted by atomic mass is 10.2. The number of hydrogen-bond donors (Lipinski definition) is 1. The van der Waals surface area contributed by atoms with Gasteiger partial charge in [0.15, 0.2) is 0 Å². The summed E-state index contributed by atoms with van der Waals surface area (Å²) in [6, 6.07) is 4.27. The molecule has 0 spiro atoms. The fourth-order valence-electron chi connectivity index (χ4n) is 1.85. The van der Waals surface area contributed by atoms with Gasteiger partial charge in [0.25, 0.3) is 5.89 Å². The molecule has 6 nitrogen and oxygen atoms in total. The zero-order valence-corrected chi connectivity index (χ0v) is 12.4. The minimum atomic E-state index is -0.338. The lowest BCUT2D eigenvalue weighted by Crippen LogP contribution is -2.07. The number of nitrogens with zero attached hydrogens (tertiary/aromatic N) is 4. The van der Waals surface area contributed by atoms with Crippen molar-refractivity contribution in [3.8, 4) is 23.0 Å². The van der Waals surface area contributed by atoms with E-state index in [0.717, 1.165) is 0 Å². The predicted molar refractivity (Wildman–Crippen MR) is 77.7 cm³/mol. The van der Waals surface area contributed by atoms with Crippen molar-refractivity contribution in [3.05, 3.63) is 41.0 Å². The number of benzene rings is 1. The van der Waals surface area contributed by atoms with Crippen molar-refractivity contribution in [1.29, 1.82) is 0 Å². The number of imidazole rings is 1. The lowest BCUT2D eigenvalue weighted by Gasteiger charge is -1.97. The maximum Gasteiger partial charge on any atom is 0.278 e. The summed E-state index contributed by atoms with van der Waals surface area (Å²) in [7, 11) is 0. The van der Waals surface area contributed by atoms with Gasteiger partial charge >= 0.3 is 0 Å². The third kappa shape index (κ3) is 2.86. The van der Waals surface area contributed by atoms with Crippen molar-refractivity contribution < 1.29 is 8.91 Å². The van der Waals surface area contributed by atoms with Crippen molar-refractivity contribution in [3.63, 3.8) is 0 Å². The first kappa shape index (κ1) is 13.9. The summed E-state index contributed by atoms with van der Waals surface area (Å²) >= 11 is 3.28. The molecule has 0 fully saturated rings. The summed E-state index contributed by atoms with van der Waals surface area (Å²) in [5, 5.41) is 3.90. The topological polar surface area (TPSA) is 82.8 Å². The summed E-state index contributed by atoms with van der Waals surface area (Å²) < 4.78 is 20.7. The Kier molecular flexibility index (Phi) is 3.80. The van der Waals surface area contributed by atoms with Crippen LogP contribution in [0.3, 0.4) is 0 Å². The van der Waals surface area contributed by atoms with Crippen LogP contribution in [0.2, 0.25) is 0 Å². The Morgan fingerprint density at radius 2 is 2.24 bits per heavy atom. The average Bonchev–Trinajstić information content (AvgIpc) is 3.08. The fraction of sp³-hybridized carbons (Fsp3) is 0.154. The summed E-state index contributed by atoms with van der Waals surface area (Å²) in [5.74, 6) is 0.331. The molecule has 0 aliphatic rings. The van der Waals surface area contributed by atoms with E-state index in [0.29, 0.717) is 40.5 Å². The molecule has 8 heteroatoms. The SMILES string of the molecule is NCCn1cnc(-c2nc(-c3ccc(F)cc3Br)no2)c1. The van der Waals surface area contributed by atoms with E-state index in [2.05, 4.69) is 31.1 Å². The molecule has 21 heavy (non-hydrogen) atoms. The van der Waals surface area contributed by atoms with E-state index in [4.69, 9.17) is 10.3 Å². The van der Waals surface area contributed by atoms with Gasteiger partial charge in [-0.25, -0.2) is 9.37 Å². The summed E-state index contributed by atoms with van der Waals surface area (Å²) in [6.07, 6.45) is 3.43. The molecular weight excluding hydrogens is 341 g/mol. The van der Waals surface area contributed by atoms with Crippen LogP contribution in [-0.4, -0.2) is 26.2 Å². The van der Waals surface area contributed by atoms with Gasteiger partial charge in [-0.15, -0.1) is 0 Å². The number of aromatic nitrogens is 4. The van der Waals surface area contributed by atoms with Crippen LogP contribution in [0.25, 0.3) is 23.0 Å². The highest BCUT2D eigenvalue weighted by molar-refractivity contribution is 9.10. The molecule has 108 valence electrons. The molecule has 0 bridgehead atoms. The number of hydrogen-bond acceptors (Lipinski definition) is 5. The van der Waals surface area contributed by atoms with Crippen molar-refractivity contribution >= 4 is 15.9 Å². The smallest absolute Gasteiger partial charge is 0.278 e. The van der Waals surface area contributed by atoms with Gasteiger partial charge in [0, 0.05) is 29.3 Å². The van der Waals surface area contributed by atoms with Crippen molar-refractivity contribution in [2.45, 2.75) is 6.54 Å².